The molecule has 1 atom stereocenters. The molecule has 24 heavy (non-hydrogen) atoms. The van der Waals surface area contributed by atoms with E-state index in [4.69, 9.17) is 25.8 Å². The SMILES string of the molecule is NNCCC(=O)NCOC1(OCNC(=O)CCC(N)=O)CCCO1. The van der Waals surface area contributed by atoms with Crippen LogP contribution >= 0.6 is 0 Å². The smallest absolute Gasteiger partial charge is 0.286 e. The van der Waals surface area contributed by atoms with E-state index in [0.29, 0.717) is 19.6 Å². The zero-order chi connectivity index (χ0) is 17.8. The van der Waals surface area contributed by atoms with E-state index >= 15 is 0 Å². The molecule has 1 heterocycles. The van der Waals surface area contributed by atoms with E-state index in [0.717, 1.165) is 6.42 Å². The van der Waals surface area contributed by atoms with Crippen LogP contribution in [0.5, 0.6) is 0 Å². The second-order valence-electron chi connectivity index (χ2n) is 5.08. The average Bonchev–Trinajstić information content (AvgIpc) is 3.00. The largest absolute Gasteiger partial charge is 0.370 e. The minimum absolute atomic E-state index is 0.0152. The Morgan fingerprint density at radius 3 is 2.17 bits per heavy atom. The molecule has 3 amide bonds. The zero-order valence-electron chi connectivity index (χ0n) is 13.5. The maximum atomic E-state index is 11.5. The summed E-state index contributed by atoms with van der Waals surface area (Å²) in [6.07, 6.45) is 1.35. The fourth-order valence-corrected chi connectivity index (χ4v) is 1.91. The summed E-state index contributed by atoms with van der Waals surface area (Å²) in [7, 11) is 0. The number of carbonyl (C=O) groups excluding carboxylic acids is 3. The Labute approximate surface area is 139 Å². The molecule has 1 rings (SSSR count). The molecule has 0 aromatic rings. The van der Waals surface area contributed by atoms with Crippen molar-refractivity contribution in [3.8, 4) is 0 Å². The molecule has 0 saturated carbocycles. The van der Waals surface area contributed by atoms with Crippen LogP contribution in [-0.2, 0) is 28.6 Å². The van der Waals surface area contributed by atoms with Crippen LogP contribution in [0.15, 0.2) is 0 Å². The maximum absolute atomic E-state index is 11.5. The molecule has 1 aliphatic rings. The third-order valence-corrected chi connectivity index (χ3v) is 3.17. The maximum Gasteiger partial charge on any atom is 0.286 e. The highest BCUT2D eigenvalue weighted by atomic mass is 16.9. The second kappa shape index (κ2) is 10.9. The van der Waals surface area contributed by atoms with Crippen molar-refractivity contribution in [2.75, 3.05) is 26.6 Å². The normalized spacial score (nSPS) is 19.9. The number of nitrogens with two attached hydrogens (primary N) is 2. The number of primary amides is 1. The standard InChI is InChI=1S/C13H25N5O6/c14-10(19)2-3-11(20)16-8-23-13(5-1-7-22-13)24-9-17-12(21)4-6-18-15/h18H,1-9,15H2,(H2,14,19)(H,16,20)(H,17,21). The van der Waals surface area contributed by atoms with Gasteiger partial charge in [-0.15, -0.1) is 0 Å². The Bertz CT molecular complexity index is 427. The lowest BCUT2D eigenvalue weighted by Gasteiger charge is -2.28. The van der Waals surface area contributed by atoms with Gasteiger partial charge in [0, 0.05) is 32.2 Å². The summed E-state index contributed by atoms with van der Waals surface area (Å²) < 4.78 is 16.4. The topological polar surface area (TPSA) is 167 Å². The van der Waals surface area contributed by atoms with Gasteiger partial charge in [-0.1, -0.05) is 0 Å². The van der Waals surface area contributed by atoms with Gasteiger partial charge in [0.1, 0.15) is 13.5 Å². The predicted octanol–water partition coefficient (Wildman–Crippen LogP) is -2.25. The van der Waals surface area contributed by atoms with Crippen molar-refractivity contribution in [1.29, 1.82) is 0 Å². The Hall–Kier alpha value is -1.79. The van der Waals surface area contributed by atoms with Crippen LogP contribution < -0.4 is 27.6 Å². The fraction of sp³-hybridized carbons (Fsp3) is 0.769. The Balaban J connectivity index is 2.28. The quantitative estimate of drug-likeness (QED) is 0.150. The van der Waals surface area contributed by atoms with E-state index in [1.54, 1.807) is 0 Å². The second-order valence-corrected chi connectivity index (χ2v) is 5.08. The lowest BCUT2D eigenvalue weighted by Crippen LogP contribution is -2.43. The van der Waals surface area contributed by atoms with Crippen molar-refractivity contribution >= 4 is 17.7 Å². The van der Waals surface area contributed by atoms with Gasteiger partial charge in [-0.3, -0.25) is 25.7 Å². The van der Waals surface area contributed by atoms with Crippen molar-refractivity contribution in [3.63, 3.8) is 0 Å². The minimum Gasteiger partial charge on any atom is -0.370 e. The Morgan fingerprint density at radius 1 is 1.04 bits per heavy atom. The van der Waals surface area contributed by atoms with Gasteiger partial charge in [0.15, 0.2) is 0 Å². The fourth-order valence-electron chi connectivity index (χ4n) is 1.91. The van der Waals surface area contributed by atoms with E-state index in [1.807, 2.05) is 0 Å². The van der Waals surface area contributed by atoms with Crippen LogP contribution in [0.2, 0.25) is 0 Å². The van der Waals surface area contributed by atoms with Gasteiger partial charge < -0.3 is 30.6 Å². The van der Waals surface area contributed by atoms with E-state index in [-0.39, 0.29) is 44.5 Å². The molecule has 1 unspecified atom stereocenters. The van der Waals surface area contributed by atoms with Gasteiger partial charge in [-0.25, -0.2) is 0 Å². The van der Waals surface area contributed by atoms with Crippen molar-refractivity contribution in [3.05, 3.63) is 0 Å². The average molecular weight is 347 g/mol. The third-order valence-electron chi connectivity index (χ3n) is 3.17. The molecule has 1 fully saturated rings. The number of carbonyl (C=O) groups is 3. The zero-order valence-corrected chi connectivity index (χ0v) is 13.5. The Kier molecular flexibility index (Phi) is 9.19. The lowest BCUT2D eigenvalue weighted by atomic mass is 10.3. The molecule has 7 N–H and O–H groups in total. The van der Waals surface area contributed by atoms with Crippen LogP contribution in [0.4, 0.5) is 0 Å². The molecule has 1 aliphatic heterocycles. The predicted molar refractivity (Wildman–Crippen MR) is 81.3 cm³/mol. The van der Waals surface area contributed by atoms with Crippen LogP contribution in [0, 0.1) is 0 Å². The number of hydrazine groups is 1. The van der Waals surface area contributed by atoms with Crippen LogP contribution in [0.25, 0.3) is 0 Å². The molecule has 0 spiro atoms. The number of amides is 3. The number of rotatable bonds is 12. The molecule has 1 saturated heterocycles. The molecule has 11 heteroatoms. The van der Waals surface area contributed by atoms with Crippen molar-refractivity contribution < 1.29 is 28.6 Å². The van der Waals surface area contributed by atoms with E-state index < -0.39 is 11.9 Å². The van der Waals surface area contributed by atoms with Gasteiger partial charge in [-0.2, -0.15) is 0 Å². The molecule has 0 radical (unpaired) electrons. The van der Waals surface area contributed by atoms with Gasteiger partial charge in [0.2, 0.25) is 17.7 Å². The summed E-state index contributed by atoms with van der Waals surface area (Å²) in [5.74, 6) is 2.62. The van der Waals surface area contributed by atoms with Crippen molar-refractivity contribution in [2.45, 2.75) is 38.1 Å². The van der Waals surface area contributed by atoms with Gasteiger partial charge in [0.25, 0.3) is 5.97 Å². The highest BCUT2D eigenvalue weighted by Crippen LogP contribution is 2.27. The number of hydrogen-bond donors (Lipinski definition) is 5. The van der Waals surface area contributed by atoms with Gasteiger partial charge >= 0.3 is 0 Å². The summed E-state index contributed by atoms with van der Waals surface area (Å²) >= 11 is 0. The Morgan fingerprint density at radius 2 is 1.67 bits per heavy atom. The van der Waals surface area contributed by atoms with E-state index in [9.17, 15) is 14.4 Å². The summed E-state index contributed by atoms with van der Waals surface area (Å²) in [4.78, 5) is 33.5. The monoisotopic (exact) mass is 347 g/mol. The first kappa shape index (κ1) is 20.3. The molecule has 0 aliphatic carbocycles. The molecule has 138 valence electrons. The number of hydrogen-bond acceptors (Lipinski definition) is 8. The van der Waals surface area contributed by atoms with Crippen LogP contribution in [0.3, 0.4) is 0 Å². The highest BCUT2D eigenvalue weighted by molar-refractivity contribution is 5.82. The first-order valence-electron chi connectivity index (χ1n) is 7.64. The summed E-state index contributed by atoms with van der Waals surface area (Å²) in [6, 6.07) is 0. The molecule has 11 nitrogen and oxygen atoms in total. The first-order valence-corrected chi connectivity index (χ1v) is 7.64. The summed E-state index contributed by atoms with van der Waals surface area (Å²) in [5, 5.41) is 5.02. The molecular weight excluding hydrogens is 322 g/mol. The third kappa shape index (κ3) is 8.17. The van der Waals surface area contributed by atoms with Gasteiger partial charge in [-0.05, 0) is 6.42 Å². The molecular formula is C13H25N5O6. The van der Waals surface area contributed by atoms with Crippen molar-refractivity contribution in [2.24, 2.45) is 11.6 Å². The summed E-state index contributed by atoms with van der Waals surface area (Å²) in [5.41, 5.74) is 7.34. The van der Waals surface area contributed by atoms with Crippen molar-refractivity contribution in [1.82, 2.24) is 16.1 Å². The van der Waals surface area contributed by atoms with Crippen LogP contribution in [-0.4, -0.2) is 50.3 Å². The van der Waals surface area contributed by atoms with Gasteiger partial charge in [0.05, 0.1) is 6.61 Å². The minimum atomic E-state index is -1.31. The van der Waals surface area contributed by atoms with E-state index in [2.05, 4.69) is 16.1 Å². The molecule has 0 aromatic carbocycles. The number of ether oxygens (including phenoxy) is 3. The highest BCUT2D eigenvalue weighted by Gasteiger charge is 2.38. The summed E-state index contributed by atoms with van der Waals surface area (Å²) in [6.45, 7) is 0.545. The van der Waals surface area contributed by atoms with E-state index in [1.165, 1.54) is 0 Å². The molecule has 0 bridgehead atoms. The van der Waals surface area contributed by atoms with Crippen LogP contribution in [0.1, 0.15) is 32.1 Å². The first-order chi connectivity index (χ1) is 11.5. The number of nitrogens with one attached hydrogen (secondary N) is 3. The lowest BCUT2D eigenvalue weighted by molar-refractivity contribution is -0.363. The molecule has 0 aromatic heterocycles.